The largest absolute Gasteiger partial charge is 0.497 e. The normalized spacial score (nSPS) is 11.0. The number of benzene rings is 1. The smallest absolute Gasteiger partial charge is 0.259 e. The number of rotatable bonds is 5. The first-order chi connectivity index (χ1) is 13.5. The number of primary amides is 1. The summed E-state index contributed by atoms with van der Waals surface area (Å²) in [5.41, 5.74) is 8.45. The lowest BCUT2D eigenvalue weighted by atomic mass is 10.1. The number of aromatic nitrogens is 3. The number of carbonyl (C=O) groups excluding carboxylic acids is 1. The van der Waals surface area contributed by atoms with E-state index >= 15 is 0 Å². The molecule has 0 radical (unpaired) electrons. The third-order valence-electron chi connectivity index (χ3n) is 4.35. The summed E-state index contributed by atoms with van der Waals surface area (Å²) < 4.78 is 12.5. The molecular weight excluding hydrogens is 376 g/mol. The van der Waals surface area contributed by atoms with Crippen molar-refractivity contribution in [2.24, 2.45) is 5.73 Å². The topological polar surface area (TPSA) is 91.7 Å². The maximum Gasteiger partial charge on any atom is 0.259 e. The monoisotopic (exact) mass is 394 g/mol. The predicted molar refractivity (Wildman–Crippen MR) is 108 cm³/mol. The van der Waals surface area contributed by atoms with Crippen molar-refractivity contribution in [3.63, 3.8) is 0 Å². The molecule has 4 aromatic rings. The molecular formula is C20H18N4O3S. The second-order valence-corrected chi connectivity index (χ2v) is 7.41. The molecule has 0 unspecified atom stereocenters. The number of thiophene rings is 1. The molecule has 1 amide bonds. The summed E-state index contributed by atoms with van der Waals surface area (Å²) >= 11 is 1.33. The highest BCUT2D eigenvalue weighted by Crippen LogP contribution is 2.33. The van der Waals surface area contributed by atoms with Gasteiger partial charge in [0, 0.05) is 16.0 Å². The summed E-state index contributed by atoms with van der Waals surface area (Å²) in [6.45, 7) is 1.92. The van der Waals surface area contributed by atoms with Crippen molar-refractivity contribution in [3.05, 3.63) is 52.2 Å². The number of fused-ring (bicyclic) bond motifs is 1. The van der Waals surface area contributed by atoms with Crippen LogP contribution in [0.5, 0.6) is 11.5 Å². The lowest BCUT2D eigenvalue weighted by molar-refractivity contribution is 0.100. The van der Waals surface area contributed by atoms with E-state index in [0.29, 0.717) is 27.7 Å². The van der Waals surface area contributed by atoms with Gasteiger partial charge in [-0.05, 0) is 37.3 Å². The molecule has 3 aromatic heterocycles. The van der Waals surface area contributed by atoms with Crippen LogP contribution in [0.25, 0.3) is 28.3 Å². The Morgan fingerprint density at radius 1 is 1.14 bits per heavy atom. The Morgan fingerprint density at radius 3 is 2.68 bits per heavy atom. The zero-order valence-electron chi connectivity index (χ0n) is 15.6. The third kappa shape index (κ3) is 2.97. The summed E-state index contributed by atoms with van der Waals surface area (Å²) in [6.07, 6.45) is 0. The Kier molecular flexibility index (Phi) is 4.48. The lowest BCUT2D eigenvalue weighted by Crippen LogP contribution is -2.10. The second kappa shape index (κ2) is 6.97. The molecule has 0 aliphatic rings. The van der Waals surface area contributed by atoms with Gasteiger partial charge in [-0.15, -0.1) is 16.4 Å². The molecule has 1 aromatic carbocycles. The zero-order chi connectivity index (χ0) is 19.8. The molecule has 0 aliphatic carbocycles. The Hall–Kier alpha value is -3.39. The highest BCUT2D eigenvalue weighted by molar-refractivity contribution is 7.14. The van der Waals surface area contributed by atoms with Crippen LogP contribution in [0.1, 0.15) is 14.5 Å². The number of ether oxygens (including phenoxy) is 2. The van der Waals surface area contributed by atoms with Crippen molar-refractivity contribution in [1.82, 2.24) is 14.6 Å². The standard InChI is InChI=1S/C20H18N4O3S/c1-11-9-14(17(28-11)18(21)25)19-22-20-16(27-3)8-7-15(24(20)23-19)12-5-4-6-13(10-12)26-2/h4-10H,1-3H3,(H2,21,25). The van der Waals surface area contributed by atoms with Gasteiger partial charge in [0.25, 0.3) is 5.91 Å². The van der Waals surface area contributed by atoms with Crippen LogP contribution in [0.3, 0.4) is 0 Å². The van der Waals surface area contributed by atoms with Gasteiger partial charge in [0.1, 0.15) is 10.6 Å². The number of hydrogen-bond donors (Lipinski definition) is 1. The molecule has 0 saturated heterocycles. The molecule has 0 aliphatic heterocycles. The first-order valence-electron chi connectivity index (χ1n) is 8.50. The fraction of sp³-hybridized carbons (Fsp3) is 0.150. The fourth-order valence-corrected chi connectivity index (χ4v) is 3.94. The number of amides is 1. The number of pyridine rings is 1. The lowest BCUT2D eigenvalue weighted by Gasteiger charge is -2.08. The van der Waals surface area contributed by atoms with E-state index in [4.69, 9.17) is 15.2 Å². The number of nitrogens with zero attached hydrogens (tertiary/aromatic N) is 3. The van der Waals surface area contributed by atoms with Gasteiger partial charge in [0.15, 0.2) is 17.2 Å². The number of hydrogen-bond acceptors (Lipinski definition) is 6. The minimum atomic E-state index is -0.494. The number of carbonyl (C=O) groups is 1. The maximum absolute atomic E-state index is 11.8. The van der Waals surface area contributed by atoms with Crippen molar-refractivity contribution in [2.75, 3.05) is 14.2 Å². The highest BCUT2D eigenvalue weighted by Gasteiger charge is 2.20. The van der Waals surface area contributed by atoms with E-state index in [0.717, 1.165) is 21.9 Å². The van der Waals surface area contributed by atoms with Crippen molar-refractivity contribution in [3.8, 4) is 34.1 Å². The molecule has 4 rings (SSSR count). The fourth-order valence-electron chi connectivity index (χ4n) is 3.08. The van der Waals surface area contributed by atoms with Crippen LogP contribution >= 0.6 is 11.3 Å². The predicted octanol–water partition coefficient (Wildman–Crippen LogP) is 3.55. The molecule has 0 atom stereocenters. The van der Waals surface area contributed by atoms with Crippen LogP contribution in [-0.2, 0) is 0 Å². The van der Waals surface area contributed by atoms with Crippen LogP contribution in [0, 0.1) is 6.92 Å². The Bertz CT molecular complexity index is 1200. The van der Waals surface area contributed by atoms with Crippen molar-refractivity contribution >= 4 is 22.9 Å². The van der Waals surface area contributed by atoms with Gasteiger partial charge < -0.3 is 15.2 Å². The minimum absolute atomic E-state index is 0.423. The van der Waals surface area contributed by atoms with Gasteiger partial charge in [0.05, 0.1) is 19.9 Å². The Labute approximate surface area is 165 Å². The van der Waals surface area contributed by atoms with Crippen molar-refractivity contribution in [1.29, 1.82) is 0 Å². The summed E-state index contributed by atoms with van der Waals surface area (Å²) in [6, 6.07) is 13.3. The molecule has 3 heterocycles. The maximum atomic E-state index is 11.8. The third-order valence-corrected chi connectivity index (χ3v) is 5.42. The van der Waals surface area contributed by atoms with Gasteiger partial charge in [-0.1, -0.05) is 12.1 Å². The van der Waals surface area contributed by atoms with E-state index in [2.05, 4.69) is 10.1 Å². The summed E-state index contributed by atoms with van der Waals surface area (Å²) in [5.74, 6) is 1.25. The first kappa shape index (κ1) is 18.0. The minimum Gasteiger partial charge on any atom is -0.497 e. The quantitative estimate of drug-likeness (QED) is 0.559. The average Bonchev–Trinajstić information content (AvgIpc) is 3.31. The molecule has 0 bridgehead atoms. The molecule has 8 heteroatoms. The molecule has 0 fully saturated rings. The number of aryl methyl sites for hydroxylation is 1. The summed E-state index contributed by atoms with van der Waals surface area (Å²) in [7, 11) is 3.21. The van der Waals surface area contributed by atoms with E-state index in [-0.39, 0.29) is 0 Å². The second-order valence-electron chi connectivity index (χ2n) is 6.15. The summed E-state index contributed by atoms with van der Waals surface area (Å²) in [4.78, 5) is 17.9. The number of nitrogens with two attached hydrogens (primary N) is 1. The van der Waals surface area contributed by atoms with Crippen LogP contribution < -0.4 is 15.2 Å². The van der Waals surface area contributed by atoms with Crippen LogP contribution in [0.4, 0.5) is 0 Å². The average molecular weight is 394 g/mol. The first-order valence-corrected chi connectivity index (χ1v) is 9.32. The van der Waals surface area contributed by atoms with Crippen LogP contribution in [0.2, 0.25) is 0 Å². The molecule has 28 heavy (non-hydrogen) atoms. The molecule has 2 N–H and O–H groups in total. The summed E-state index contributed by atoms with van der Waals surface area (Å²) in [5, 5.41) is 4.66. The van der Waals surface area contributed by atoms with Crippen LogP contribution in [0.15, 0.2) is 42.5 Å². The van der Waals surface area contributed by atoms with Crippen LogP contribution in [-0.4, -0.2) is 34.7 Å². The highest BCUT2D eigenvalue weighted by atomic mass is 32.1. The van der Waals surface area contributed by atoms with E-state index in [9.17, 15) is 4.79 Å². The van der Waals surface area contributed by atoms with E-state index in [1.54, 1.807) is 18.7 Å². The Morgan fingerprint density at radius 2 is 1.96 bits per heavy atom. The van der Waals surface area contributed by atoms with Gasteiger partial charge in [-0.2, -0.15) is 0 Å². The van der Waals surface area contributed by atoms with E-state index in [1.165, 1.54) is 11.3 Å². The van der Waals surface area contributed by atoms with Gasteiger partial charge in [0.2, 0.25) is 0 Å². The van der Waals surface area contributed by atoms with Crippen molar-refractivity contribution < 1.29 is 14.3 Å². The molecule has 142 valence electrons. The number of methoxy groups -OCH3 is 2. The van der Waals surface area contributed by atoms with E-state index in [1.807, 2.05) is 49.4 Å². The zero-order valence-corrected chi connectivity index (χ0v) is 16.4. The Balaban J connectivity index is 1.97. The van der Waals surface area contributed by atoms with Gasteiger partial charge in [-0.3, -0.25) is 4.79 Å². The van der Waals surface area contributed by atoms with Gasteiger partial charge >= 0.3 is 0 Å². The molecule has 0 saturated carbocycles. The molecule has 0 spiro atoms. The SMILES string of the molecule is COc1cccc(-c2ccc(OC)c3nc(-c4cc(C)sc4C(N)=O)nn23)c1. The molecule has 7 nitrogen and oxygen atoms in total. The van der Waals surface area contributed by atoms with Gasteiger partial charge in [-0.25, -0.2) is 9.50 Å². The van der Waals surface area contributed by atoms with Crippen molar-refractivity contribution in [2.45, 2.75) is 6.92 Å². The van der Waals surface area contributed by atoms with E-state index < -0.39 is 5.91 Å².